The monoisotopic (exact) mass is 407 g/mol. The summed E-state index contributed by atoms with van der Waals surface area (Å²) in [6.07, 6.45) is 2.01. The summed E-state index contributed by atoms with van der Waals surface area (Å²) in [5.41, 5.74) is 3.00. The number of likely N-dealkylation sites (tertiary alicyclic amines) is 1. The van der Waals surface area contributed by atoms with Crippen LogP contribution in [0.25, 0.3) is 10.2 Å². The minimum absolute atomic E-state index is 0.0859. The maximum Gasteiger partial charge on any atom is 0.254 e. The molecule has 1 amide bonds. The number of hydrogen-bond acceptors (Lipinski definition) is 5. The third-order valence-corrected chi connectivity index (χ3v) is 6.93. The Morgan fingerprint density at radius 3 is 2.83 bits per heavy atom. The molecule has 2 aliphatic heterocycles. The van der Waals surface area contributed by atoms with Gasteiger partial charge in [-0.3, -0.25) is 9.69 Å². The van der Waals surface area contributed by atoms with E-state index >= 15 is 0 Å². The molecule has 2 fully saturated rings. The van der Waals surface area contributed by atoms with Gasteiger partial charge in [-0.15, -0.1) is 11.3 Å². The van der Waals surface area contributed by atoms with Gasteiger partial charge in [0.15, 0.2) is 0 Å². The van der Waals surface area contributed by atoms with Gasteiger partial charge in [-0.2, -0.15) is 0 Å². The van der Waals surface area contributed by atoms with Crippen LogP contribution < -0.4 is 0 Å². The van der Waals surface area contributed by atoms with Crippen molar-refractivity contribution in [2.45, 2.75) is 25.4 Å². The lowest BCUT2D eigenvalue weighted by atomic mass is 10.1. The largest absolute Gasteiger partial charge is 0.379 e. The van der Waals surface area contributed by atoms with Gasteiger partial charge in [0.1, 0.15) is 5.01 Å². The number of aromatic nitrogens is 1. The minimum atomic E-state index is 0.0859. The number of hydrogen-bond donors (Lipinski definition) is 0. The Hall–Kier alpha value is -2.28. The predicted octanol–water partition coefficient (Wildman–Crippen LogP) is 4.11. The molecule has 5 nitrogen and oxygen atoms in total. The minimum Gasteiger partial charge on any atom is -0.379 e. The molecule has 150 valence electrons. The van der Waals surface area contributed by atoms with Gasteiger partial charge in [0.2, 0.25) is 0 Å². The number of carbonyl (C=O) groups is 1. The Kier molecular flexibility index (Phi) is 5.31. The third-order valence-electron chi connectivity index (χ3n) is 5.79. The lowest BCUT2D eigenvalue weighted by molar-refractivity contribution is 0.0341. The summed E-state index contributed by atoms with van der Waals surface area (Å²) >= 11 is 1.71. The highest BCUT2D eigenvalue weighted by molar-refractivity contribution is 7.18. The number of morpholine rings is 1. The lowest BCUT2D eigenvalue weighted by Crippen LogP contribution is -2.35. The number of rotatable bonds is 4. The van der Waals surface area contributed by atoms with Gasteiger partial charge in [0, 0.05) is 31.7 Å². The van der Waals surface area contributed by atoms with E-state index in [1.807, 2.05) is 35.2 Å². The SMILES string of the molecule is O=C(c1cccc(CN2CCOCC2)c1)N1CCCC1c1nc2ccccc2s1. The van der Waals surface area contributed by atoms with E-state index in [1.54, 1.807) is 11.3 Å². The lowest BCUT2D eigenvalue weighted by Gasteiger charge is -2.27. The highest BCUT2D eigenvalue weighted by Crippen LogP contribution is 2.37. The molecule has 0 aliphatic carbocycles. The summed E-state index contributed by atoms with van der Waals surface area (Å²) in [6, 6.07) is 16.4. The first-order valence-electron chi connectivity index (χ1n) is 10.3. The first-order valence-corrected chi connectivity index (χ1v) is 11.1. The van der Waals surface area contributed by atoms with Gasteiger partial charge in [0.25, 0.3) is 5.91 Å². The van der Waals surface area contributed by atoms with Crippen molar-refractivity contribution in [2.24, 2.45) is 0 Å². The van der Waals surface area contributed by atoms with Crippen LogP contribution in [0.5, 0.6) is 0 Å². The molecule has 1 aromatic heterocycles. The van der Waals surface area contributed by atoms with Crippen molar-refractivity contribution in [3.8, 4) is 0 Å². The number of carbonyl (C=O) groups excluding carboxylic acids is 1. The molecule has 0 N–H and O–H groups in total. The Morgan fingerprint density at radius 2 is 1.97 bits per heavy atom. The van der Waals surface area contributed by atoms with Crippen LogP contribution in [0.15, 0.2) is 48.5 Å². The standard InChI is InChI=1S/C23H25N3O2S/c27-23(18-6-3-5-17(15-18)16-25-11-13-28-14-12-25)26-10-4-8-20(26)22-24-19-7-1-2-9-21(19)29-22/h1-3,5-7,9,15,20H,4,8,10-14,16H2. The van der Waals surface area contributed by atoms with E-state index in [1.165, 1.54) is 10.3 Å². The highest BCUT2D eigenvalue weighted by Gasteiger charge is 2.32. The second-order valence-corrected chi connectivity index (χ2v) is 8.83. The number of fused-ring (bicyclic) bond motifs is 1. The van der Waals surface area contributed by atoms with E-state index in [2.05, 4.69) is 23.1 Å². The van der Waals surface area contributed by atoms with Crippen LogP contribution >= 0.6 is 11.3 Å². The van der Waals surface area contributed by atoms with E-state index in [0.717, 1.165) is 68.3 Å². The van der Waals surface area contributed by atoms with E-state index < -0.39 is 0 Å². The molecule has 6 heteroatoms. The average molecular weight is 408 g/mol. The fourth-order valence-electron chi connectivity index (χ4n) is 4.29. The molecule has 2 saturated heterocycles. The van der Waals surface area contributed by atoms with E-state index in [-0.39, 0.29) is 11.9 Å². The summed E-state index contributed by atoms with van der Waals surface area (Å²) in [5, 5.41) is 1.06. The molecule has 1 atom stereocenters. The number of benzene rings is 2. The number of thiazole rings is 1. The zero-order valence-corrected chi connectivity index (χ0v) is 17.2. The number of ether oxygens (including phenoxy) is 1. The van der Waals surface area contributed by atoms with Gasteiger partial charge in [-0.25, -0.2) is 4.98 Å². The van der Waals surface area contributed by atoms with E-state index in [9.17, 15) is 4.79 Å². The molecule has 2 aliphatic rings. The van der Waals surface area contributed by atoms with Crippen LogP contribution in [0.3, 0.4) is 0 Å². The molecule has 5 rings (SSSR count). The van der Waals surface area contributed by atoms with E-state index in [4.69, 9.17) is 9.72 Å². The highest BCUT2D eigenvalue weighted by atomic mass is 32.1. The predicted molar refractivity (Wildman–Crippen MR) is 115 cm³/mol. The molecule has 1 unspecified atom stereocenters. The van der Waals surface area contributed by atoms with Gasteiger partial charge in [-0.05, 0) is 42.7 Å². The summed E-state index contributed by atoms with van der Waals surface area (Å²) in [7, 11) is 0. The molecular formula is C23H25N3O2S. The molecule has 0 bridgehead atoms. The van der Waals surface area contributed by atoms with Crippen molar-refractivity contribution >= 4 is 27.5 Å². The quantitative estimate of drug-likeness (QED) is 0.653. The summed E-state index contributed by atoms with van der Waals surface area (Å²) in [5.74, 6) is 0.121. The normalized spacial score (nSPS) is 20.4. The molecule has 2 aromatic carbocycles. The van der Waals surface area contributed by atoms with Crippen molar-refractivity contribution < 1.29 is 9.53 Å². The molecule has 3 aromatic rings. The van der Waals surface area contributed by atoms with Crippen LogP contribution in [0.4, 0.5) is 0 Å². The Morgan fingerprint density at radius 1 is 1.10 bits per heavy atom. The summed E-state index contributed by atoms with van der Waals surface area (Å²) in [4.78, 5) is 22.6. The van der Waals surface area contributed by atoms with Crippen LogP contribution in [-0.4, -0.2) is 53.5 Å². The zero-order valence-electron chi connectivity index (χ0n) is 16.4. The van der Waals surface area contributed by atoms with Crippen LogP contribution in [-0.2, 0) is 11.3 Å². The maximum absolute atomic E-state index is 13.4. The molecule has 0 saturated carbocycles. The molecule has 0 spiro atoms. The smallest absolute Gasteiger partial charge is 0.254 e. The molecule has 29 heavy (non-hydrogen) atoms. The Balaban J connectivity index is 1.35. The Bertz CT molecular complexity index is 979. The van der Waals surface area contributed by atoms with Crippen LogP contribution in [0, 0.1) is 0 Å². The summed E-state index contributed by atoms with van der Waals surface area (Å²) < 4.78 is 6.62. The number of amides is 1. The van der Waals surface area contributed by atoms with E-state index in [0.29, 0.717) is 0 Å². The van der Waals surface area contributed by atoms with Crippen LogP contribution in [0.1, 0.15) is 39.8 Å². The second kappa shape index (κ2) is 8.22. The molecular weight excluding hydrogens is 382 g/mol. The number of nitrogens with zero attached hydrogens (tertiary/aromatic N) is 3. The van der Waals surface area contributed by atoms with Gasteiger partial charge in [0.05, 0.1) is 29.5 Å². The topological polar surface area (TPSA) is 45.7 Å². The maximum atomic E-state index is 13.4. The number of para-hydroxylation sites is 1. The first kappa shape index (κ1) is 18.7. The van der Waals surface area contributed by atoms with Gasteiger partial charge >= 0.3 is 0 Å². The second-order valence-electron chi connectivity index (χ2n) is 7.77. The van der Waals surface area contributed by atoms with Crippen molar-refractivity contribution in [1.29, 1.82) is 0 Å². The third kappa shape index (κ3) is 3.92. The van der Waals surface area contributed by atoms with Crippen molar-refractivity contribution in [1.82, 2.24) is 14.8 Å². The van der Waals surface area contributed by atoms with Crippen molar-refractivity contribution in [2.75, 3.05) is 32.8 Å². The van der Waals surface area contributed by atoms with Gasteiger partial charge < -0.3 is 9.64 Å². The average Bonchev–Trinajstić information content (AvgIpc) is 3.41. The zero-order chi connectivity index (χ0) is 19.6. The Labute approximate surface area is 174 Å². The van der Waals surface area contributed by atoms with Crippen molar-refractivity contribution in [3.63, 3.8) is 0 Å². The fourth-order valence-corrected chi connectivity index (χ4v) is 5.40. The van der Waals surface area contributed by atoms with Crippen LogP contribution in [0.2, 0.25) is 0 Å². The van der Waals surface area contributed by atoms with Crippen molar-refractivity contribution in [3.05, 3.63) is 64.7 Å². The molecule has 3 heterocycles. The first-order chi connectivity index (χ1) is 14.3. The molecule has 0 radical (unpaired) electrons. The fraction of sp³-hybridized carbons (Fsp3) is 0.391. The van der Waals surface area contributed by atoms with Gasteiger partial charge in [-0.1, -0.05) is 24.3 Å². The summed E-state index contributed by atoms with van der Waals surface area (Å²) in [6.45, 7) is 5.14.